The van der Waals surface area contributed by atoms with E-state index in [0.717, 1.165) is 10.2 Å². The van der Waals surface area contributed by atoms with Crippen LogP contribution >= 0.6 is 27.5 Å². The number of halogens is 2. The summed E-state index contributed by atoms with van der Waals surface area (Å²) in [5.74, 6) is 1.33. The fraction of sp³-hybridized carbons (Fsp3) is 0.273. The van der Waals surface area contributed by atoms with Crippen LogP contribution in [0.3, 0.4) is 0 Å². The lowest BCUT2D eigenvalue weighted by molar-refractivity contribution is 0.812. The van der Waals surface area contributed by atoms with Crippen molar-refractivity contribution < 1.29 is 0 Å². The number of hydrogen-bond acceptors (Lipinski definition) is 2. The molecular weight excluding hydrogens is 289 g/mol. The summed E-state index contributed by atoms with van der Waals surface area (Å²) in [5, 5.41) is 5.08. The van der Waals surface area contributed by atoms with Gasteiger partial charge in [0.1, 0.15) is 0 Å². The first-order valence-electron chi connectivity index (χ1n) is 5.11. The average Bonchev–Trinajstić information content (AvgIpc) is 2.98. The molecule has 0 atom stereocenters. The van der Waals surface area contributed by atoms with Crippen LogP contribution in [0.4, 0.5) is 0 Å². The minimum absolute atomic E-state index is 0.597. The van der Waals surface area contributed by atoms with Crippen LogP contribution in [0.15, 0.2) is 29.0 Å². The highest BCUT2D eigenvalue weighted by Gasteiger charge is 2.26. The van der Waals surface area contributed by atoms with E-state index in [9.17, 15) is 0 Å². The van der Waals surface area contributed by atoms with Crippen LogP contribution in [0, 0.1) is 0 Å². The maximum Gasteiger partial charge on any atom is 0.172 e. The van der Waals surface area contributed by atoms with Gasteiger partial charge in [-0.1, -0.05) is 11.6 Å². The molecule has 0 unspecified atom stereocenters. The van der Waals surface area contributed by atoms with Crippen molar-refractivity contribution in [3.8, 4) is 5.82 Å². The minimum atomic E-state index is 0.597. The summed E-state index contributed by atoms with van der Waals surface area (Å²) in [6.45, 7) is 0. The van der Waals surface area contributed by atoms with Crippen LogP contribution in [0.5, 0.6) is 0 Å². The summed E-state index contributed by atoms with van der Waals surface area (Å²) < 4.78 is 2.61. The molecule has 82 valence electrons. The molecule has 2 aromatic rings. The Balaban J connectivity index is 2.00. The molecule has 2 aromatic heterocycles. The molecule has 1 saturated carbocycles. The highest BCUT2D eigenvalue weighted by molar-refractivity contribution is 9.10. The average molecular weight is 299 g/mol. The first-order valence-corrected chi connectivity index (χ1v) is 6.28. The molecule has 0 radical (unpaired) electrons. The van der Waals surface area contributed by atoms with E-state index < -0.39 is 0 Å². The number of nitrogens with zero attached hydrogens (tertiary/aromatic N) is 3. The van der Waals surface area contributed by atoms with Crippen LogP contribution in [0.2, 0.25) is 5.02 Å². The predicted octanol–water partition coefficient (Wildman–Crippen LogP) is 3.56. The Morgan fingerprint density at radius 1 is 1.44 bits per heavy atom. The Labute approximate surface area is 107 Å². The summed E-state index contributed by atoms with van der Waals surface area (Å²) >= 11 is 9.45. The molecule has 0 aromatic carbocycles. The zero-order chi connectivity index (χ0) is 11.1. The molecule has 1 aliphatic carbocycles. The van der Waals surface area contributed by atoms with E-state index in [1.54, 1.807) is 10.9 Å². The molecule has 0 bridgehead atoms. The number of aromatic nitrogens is 3. The van der Waals surface area contributed by atoms with Gasteiger partial charge in [-0.2, -0.15) is 5.10 Å². The number of hydrogen-bond donors (Lipinski definition) is 0. The number of pyridine rings is 1. The highest BCUT2D eigenvalue weighted by Crippen LogP contribution is 2.39. The Bertz CT molecular complexity index is 534. The first kappa shape index (κ1) is 10.3. The van der Waals surface area contributed by atoms with Crippen LogP contribution < -0.4 is 0 Å². The summed E-state index contributed by atoms with van der Waals surface area (Å²) in [6.07, 6.45) is 6.13. The van der Waals surface area contributed by atoms with E-state index >= 15 is 0 Å². The van der Waals surface area contributed by atoms with E-state index in [2.05, 4.69) is 26.0 Å². The highest BCUT2D eigenvalue weighted by atomic mass is 79.9. The Morgan fingerprint density at radius 3 is 2.94 bits per heavy atom. The maximum absolute atomic E-state index is 6.12. The van der Waals surface area contributed by atoms with Crippen molar-refractivity contribution in [2.75, 3.05) is 0 Å². The molecular formula is C11H9BrClN3. The minimum Gasteiger partial charge on any atom is -0.235 e. The Kier molecular flexibility index (Phi) is 2.48. The molecule has 1 aliphatic rings. The lowest BCUT2D eigenvalue weighted by Crippen LogP contribution is -1.99. The van der Waals surface area contributed by atoms with Crippen LogP contribution in [0.1, 0.15) is 24.5 Å². The largest absolute Gasteiger partial charge is 0.235 e. The molecule has 16 heavy (non-hydrogen) atoms. The van der Waals surface area contributed by atoms with Gasteiger partial charge in [-0.3, -0.25) is 0 Å². The molecule has 0 aliphatic heterocycles. The van der Waals surface area contributed by atoms with E-state index in [1.165, 1.54) is 12.8 Å². The van der Waals surface area contributed by atoms with Gasteiger partial charge in [0.25, 0.3) is 0 Å². The second kappa shape index (κ2) is 3.86. The third-order valence-corrected chi connectivity index (χ3v) is 3.32. The van der Waals surface area contributed by atoms with Gasteiger partial charge in [-0.05, 0) is 40.9 Å². The topological polar surface area (TPSA) is 30.7 Å². The second-order valence-electron chi connectivity index (χ2n) is 3.92. The van der Waals surface area contributed by atoms with Crippen molar-refractivity contribution in [3.63, 3.8) is 0 Å². The molecule has 3 nitrogen and oxygen atoms in total. The third-order valence-electron chi connectivity index (χ3n) is 2.61. The maximum atomic E-state index is 6.12. The molecule has 0 saturated heterocycles. The molecule has 0 N–H and O–H groups in total. The Morgan fingerprint density at radius 2 is 2.25 bits per heavy atom. The molecule has 3 rings (SSSR count). The van der Waals surface area contributed by atoms with Gasteiger partial charge in [-0.15, -0.1) is 0 Å². The SMILES string of the molecule is Clc1cc(Br)cnc1-n1ccc(C2CC2)n1. The van der Waals surface area contributed by atoms with Crippen molar-refractivity contribution >= 4 is 27.5 Å². The van der Waals surface area contributed by atoms with Crippen LogP contribution in [-0.4, -0.2) is 14.8 Å². The van der Waals surface area contributed by atoms with Gasteiger partial charge in [0.05, 0.1) is 10.7 Å². The van der Waals surface area contributed by atoms with Gasteiger partial charge >= 0.3 is 0 Å². The zero-order valence-corrected chi connectivity index (χ0v) is 10.7. The van der Waals surface area contributed by atoms with Crippen LogP contribution in [-0.2, 0) is 0 Å². The normalized spacial score (nSPS) is 15.4. The van der Waals surface area contributed by atoms with E-state index in [1.807, 2.05) is 18.3 Å². The summed E-state index contributed by atoms with van der Waals surface area (Å²) in [5.41, 5.74) is 1.14. The molecule has 2 heterocycles. The van der Waals surface area contributed by atoms with Gasteiger partial charge in [0, 0.05) is 22.8 Å². The van der Waals surface area contributed by atoms with Crippen molar-refractivity contribution in [1.29, 1.82) is 0 Å². The molecule has 1 fully saturated rings. The van der Waals surface area contributed by atoms with E-state index in [4.69, 9.17) is 11.6 Å². The monoisotopic (exact) mass is 297 g/mol. The summed E-state index contributed by atoms with van der Waals surface area (Å²) in [7, 11) is 0. The summed E-state index contributed by atoms with van der Waals surface area (Å²) in [4.78, 5) is 4.26. The molecule has 5 heteroatoms. The number of rotatable bonds is 2. The Hall–Kier alpha value is -0.870. The van der Waals surface area contributed by atoms with Gasteiger partial charge in [-0.25, -0.2) is 9.67 Å². The zero-order valence-electron chi connectivity index (χ0n) is 8.40. The standard InChI is InChI=1S/C11H9BrClN3/c12-8-5-9(13)11(14-6-8)16-4-3-10(15-16)7-1-2-7/h3-7H,1-2H2. The fourth-order valence-corrected chi connectivity index (χ4v) is 2.34. The van der Waals surface area contributed by atoms with E-state index in [0.29, 0.717) is 16.8 Å². The molecule has 0 spiro atoms. The predicted molar refractivity (Wildman–Crippen MR) is 66.0 cm³/mol. The summed E-state index contributed by atoms with van der Waals surface area (Å²) in [6, 6.07) is 3.86. The van der Waals surface area contributed by atoms with Gasteiger partial charge in [0.2, 0.25) is 0 Å². The molecule has 0 amide bonds. The van der Waals surface area contributed by atoms with Crippen molar-refractivity contribution in [1.82, 2.24) is 14.8 Å². The fourth-order valence-electron chi connectivity index (χ4n) is 1.63. The smallest absolute Gasteiger partial charge is 0.172 e. The van der Waals surface area contributed by atoms with Crippen LogP contribution in [0.25, 0.3) is 5.82 Å². The van der Waals surface area contributed by atoms with Crippen molar-refractivity contribution in [2.45, 2.75) is 18.8 Å². The lowest BCUT2D eigenvalue weighted by Gasteiger charge is -2.02. The van der Waals surface area contributed by atoms with Crippen molar-refractivity contribution in [3.05, 3.63) is 39.7 Å². The van der Waals surface area contributed by atoms with Crippen molar-refractivity contribution in [2.24, 2.45) is 0 Å². The third kappa shape index (κ3) is 1.87. The van der Waals surface area contributed by atoms with Gasteiger partial charge in [0.15, 0.2) is 5.82 Å². The second-order valence-corrected chi connectivity index (χ2v) is 5.24. The first-order chi connectivity index (χ1) is 7.74. The lowest BCUT2D eigenvalue weighted by atomic mass is 10.3. The van der Waals surface area contributed by atoms with E-state index in [-0.39, 0.29) is 0 Å². The quantitative estimate of drug-likeness (QED) is 0.849. The van der Waals surface area contributed by atoms with Gasteiger partial charge < -0.3 is 0 Å².